The molecular formula is C27H43Cl2MnN5. The topological polar surface area (TPSA) is 61.0 Å². The molecule has 0 amide bonds. The summed E-state index contributed by atoms with van der Waals surface area (Å²) in [5.74, 6) is 0. The first kappa shape index (κ1) is 26.7. The van der Waals surface area contributed by atoms with Gasteiger partial charge in [0.15, 0.2) is 0 Å². The van der Waals surface area contributed by atoms with Gasteiger partial charge in [0.05, 0.1) is 23.5 Å². The quantitative estimate of drug-likeness (QED) is 0.327. The maximum Gasteiger partial charge on any atom is 0.0609 e. The van der Waals surface area contributed by atoms with Crippen LogP contribution < -0.4 is 21.3 Å². The van der Waals surface area contributed by atoms with E-state index in [1.165, 1.54) is 112 Å². The predicted octanol–water partition coefficient (Wildman–Crippen LogP) is 5.21. The van der Waals surface area contributed by atoms with Crippen LogP contribution in [0.1, 0.15) is 112 Å². The molecule has 0 spiro atoms. The SMILES string of the molecule is [Cl][Mn][Cl].c1c2c3nc4c1CCCC4N[C@@H]1CCCCC1NCCNC1CCCC[C@H]1NC3CCC2. The third-order valence-corrected chi connectivity index (χ3v) is 9.09. The Labute approximate surface area is 226 Å². The molecule has 2 fully saturated rings. The van der Waals surface area contributed by atoms with Gasteiger partial charge in [-0.2, -0.15) is 0 Å². The van der Waals surface area contributed by atoms with E-state index in [4.69, 9.17) is 25.2 Å². The maximum absolute atomic E-state index is 5.50. The number of hydrogen-bond acceptors (Lipinski definition) is 5. The molecule has 8 heteroatoms. The summed E-state index contributed by atoms with van der Waals surface area (Å²) in [4.78, 5) is 5.50. The van der Waals surface area contributed by atoms with E-state index in [1.54, 1.807) is 0 Å². The zero-order valence-corrected chi connectivity index (χ0v) is 23.6. The molecule has 2 saturated carbocycles. The van der Waals surface area contributed by atoms with Crippen molar-refractivity contribution < 1.29 is 13.1 Å². The first-order chi connectivity index (χ1) is 17.3. The smallest absolute Gasteiger partial charge is 0.0609 e. The van der Waals surface area contributed by atoms with Gasteiger partial charge in [-0.3, -0.25) is 4.98 Å². The van der Waals surface area contributed by atoms with Crippen molar-refractivity contribution in [2.45, 2.75) is 126 Å². The van der Waals surface area contributed by atoms with E-state index in [0.717, 1.165) is 13.1 Å². The number of nitrogens with zero attached hydrogens (tertiary/aromatic N) is 1. The summed E-state index contributed by atoms with van der Waals surface area (Å²) in [6.45, 7) is 2.17. The fourth-order valence-electron chi connectivity index (χ4n) is 7.41. The number of rotatable bonds is 0. The third kappa shape index (κ3) is 6.57. The van der Waals surface area contributed by atoms with E-state index in [-0.39, 0.29) is 13.1 Å². The Balaban J connectivity index is 0.000000806. The number of aryl methyl sites for hydroxylation is 2. The van der Waals surface area contributed by atoms with Crippen molar-refractivity contribution in [1.29, 1.82) is 0 Å². The molecule has 4 N–H and O–H groups in total. The van der Waals surface area contributed by atoms with Gasteiger partial charge in [0, 0.05) is 37.3 Å². The average Bonchev–Trinajstić information content (AvgIpc) is 2.88. The van der Waals surface area contributed by atoms with Gasteiger partial charge in [-0.1, -0.05) is 31.7 Å². The minimum absolute atomic E-state index is 0.00694. The minimum Gasteiger partial charge on any atom is -0.311 e. The molecule has 5 nitrogen and oxygen atoms in total. The summed E-state index contributed by atoms with van der Waals surface area (Å²) in [7, 11) is 9.59. The van der Waals surface area contributed by atoms with E-state index in [2.05, 4.69) is 27.3 Å². The van der Waals surface area contributed by atoms with Gasteiger partial charge in [0.1, 0.15) is 0 Å². The molecule has 1 aromatic rings. The van der Waals surface area contributed by atoms with Crippen LogP contribution in [-0.2, 0) is 26.0 Å². The van der Waals surface area contributed by atoms with E-state index in [1.807, 2.05) is 0 Å². The predicted molar refractivity (Wildman–Crippen MR) is 142 cm³/mol. The summed E-state index contributed by atoms with van der Waals surface area (Å²) in [5, 5.41) is 16.1. The second-order valence-corrected chi connectivity index (χ2v) is 13.2. The zero-order chi connectivity index (χ0) is 24.0. The van der Waals surface area contributed by atoms with Crippen LogP contribution in [0.4, 0.5) is 0 Å². The number of aromatic nitrogens is 1. The van der Waals surface area contributed by atoms with Crippen molar-refractivity contribution in [2.24, 2.45) is 0 Å². The number of fused-ring (bicyclic) bond motifs is 2. The zero-order valence-electron chi connectivity index (χ0n) is 20.9. The fourth-order valence-corrected chi connectivity index (χ4v) is 7.41. The van der Waals surface area contributed by atoms with Gasteiger partial charge in [-0.25, -0.2) is 0 Å². The molecule has 0 radical (unpaired) electrons. The van der Waals surface area contributed by atoms with Crippen LogP contribution in [-0.4, -0.2) is 42.2 Å². The Morgan fingerprint density at radius 3 is 1.51 bits per heavy atom. The van der Waals surface area contributed by atoms with E-state index < -0.39 is 0 Å². The molecular weight excluding hydrogens is 520 g/mol. The Morgan fingerprint density at radius 2 is 1.06 bits per heavy atom. The average molecular weight is 564 g/mol. The second kappa shape index (κ2) is 13.2. The van der Waals surface area contributed by atoms with E-state index in [9.17, 15) is 0 Å². The Bertz CT molecular complexity index is 766. The molecule has 2 heterocycles. The van der Waals surface area contributed by atoms with Crippen LogP contribution in [0.3, 0.4) is 0 Å². The standard InChI is InChI=1S/C27H43N5.2ClH.Mn/c1-3-11-22-20(9-1)28-15-16-29-21-10-2-4-12-23(21)31-25-14-6-8-19-17-18-7-5-13-24(30-22)26(18)32-27(19)25;;;/h17,20-25,28-31H,1-16H2;2*1H;/q;;;+2/p-2/t20?,21?,22-,23-,24?,25?;;;/m1.../s1. The van der Waals surface area contributed by atoms with Crippen LogP contribution in [0.5, 0.6) is 0 Å². The third-order valence-electron chi connectivity index (χ3n) is 9.09. The molecule has 0 saturated heterocycles. The van der Waals surface area contributed by atoms with Crippen molar-refractivity contribution in [3.05, 3.63) is 28.6 Å². The van der Waals surface area contributed by atoms with Gasteiger partial charge < -0.3 is 21.3 Å². The molecule has 5 aliphatic rings. The Kier molecular flexibility index (Phi) is 10.1. The van der Waals surface area contributed by atoms with Gasteiger partial charge >= 0.3 is 33.3 Å². The van der Waals surface area contributed by atoms with Gasteiger partial charge in [-0.05, 0) is 75.3 Å². The summed E-state index contributed by atoms with van der Waals surface area (Å²) in [6, 6.07) is 5.80. The summed E-state index contributed by atoms with van der Waals surface area (Å²) < 4.78 is 0. The number of halogens is 2. The summed E-state index contributed by atoms with van der Waals surface area (Å²) >= 11 is 0.00694. The fraction of sp³-hybridized carbons (Fsp3) is 0.815. The Hall–Kier alpha value is 0.0895. The molecule has 35 heavy (non-hydrogen) atoms. The monoisotopic (exact) mass is 562 g/mol. The minimum atomic E-state index is 0.00694. The van der Waals surface area contributed by atoms with Crippen LogP contribution in [0.25, 0.3) is 0 Å². The van der Waals surface area contributed by atoms with Crippen LogP contribution >= 0.6 is 20.2 Å². The largest absolute Gasteiger partial charge is 0.311 e. The summed E-state index contributed by atoms with van der Waals surface area (Å²) in [6.07, 6.45) is 18.2. The first-order valence-electron chi connectivity index (χ1n) is 14.2. The number of nitrogens with one attached hydrogen (secondary N) is 4. The number of pyridine rings is 1. The van der Waals surface area contributed by atoms with E-state index in [0.29, 0.717) is 36.3 Å². The maximum atomic E-state index is 5.50. The van der Waals surface area contributed by atoms with Gasteiger partial charge in [0.25, 0.3) is 0 Å². The van der Waals surface area contributed by atoms with Crippen molar-refractivity contribution in [3.8, 4) is 0 Å². The molecule has 1 aliphatic heterocycles. The van der Waals surface area contributed by atoms with Crippen molar-refractivity contribution in [2.75, 3.05) is 13.1 Å². The van der Waals surface area contributed by atoms with Crippen LogP contribution in [0.15, 0.2) is 6.07 Å². The van der Waals surface area contributed by atoms with Gasteiger partial charge in [-0.15, -0.1) is 0 Å². The second-order valence-electron chi connectivity index (χ2n) is 11.3. The molecule has 4 aliphatic carbocycles. The molecule has 4 unspecified atom stereocenters. The van der Waals surface area contributed by atoms with Crippen molar-refractivity contribution in [3.63, 3.8) is 0 Å². The van der Waals surface area contributed by atoms with Crippen molar-refractivity contribution >= 4 is 20.2 Å². The first-order valence-corrected chi connectivity index (χ1v) is 17.4. The van der Waals surface area contributed by atoms with Crippen molar-refractivity contribution in [1.82, 2.24) is 26.3 Å². The molecule has 6 atom stereocenters. The molecule has 6 rings (SSSR count). The molecule has 2 bridgehead atoms. The molecule has 1 aromatic heterocycles. The molecule has 197 valence electrons. The van der Waals surface area contributed by atoms with Crippen LogP contribution in [0, 0.1) is 0 Å². The number of hydrogen-bond donors (Lipinski definition) is 4. The van der Waals surface area contributed by atoms with Crippen LogP contribution in [0.2, 0.25) is 0 Å². The van der Waals surface area contributed by atoms with Gasteiger partial charge in [0.2, 0.25) is 0 Å². The van der Waals surface area contributed by atoms with E-state index >= 15 is 0 Å². The summed E-state index contributed by atoms with van der Waals surface area (Å²) in [5.41, 5.74) is 5.85. The normalized spacial score (nSPS) is 35.3. The Morgan fingerprint density at radius 1 is 0.629 bits per heavy atom. The molecule has 0 aromatic carbocycles.